The SMILES string of the molecule is NC[C@]1(c2cccc(Cl)c2)CC[C@H](C2CCCN2C(=O)c2ccnnc2)CC1. The van der Waals surface area contributed by atoms with Crippen LogP contribution in [0.4, 0.5) is 0 Å². The lowest BCUT2D eigenvalue weighted by Crippen LogP contribution is -2.45. The molecular formula is C22H27ClN4O. The van der Waals surface area contributed by atoms with Crippen LogP contribution in [-0.4, -0.2) is 40.1 Å². The Balaban J connectivity index is 1.47. The normalized spacial score (nSPS) is 27.7. The van der Waals surface area contributed by atoms with Crippen LogP contribution in [0.2, 0.25) is 5.02 Å². The Morgan fingerprint density at radius 3 is 2.71 bits per heavy atom. The molecule has 2 aromatic rings. The number of likely N-dealkylation sites (tertiary alicyclic amines) is 1. The average Bonchev–Trinajstić information content (AvgIpc) is 3.24. The highest BCUT2D eigenvalue weighted by molar-refractivity contribution is 6.30. The molecule has 0 spiro atoms. The highest BCUT2D eigenvalue weighted by atomic mass is 35.5. The van der Waals surface area contributed by atoms with Gasteiger partial charge in [-0.15, -0.1) is 0 Å². The van der Waals surface area contributed by atoms with Crippen LogP contribution in [0.15, 0.2) is 42.7 Å². The maximum absolute atomic E-state index is 13.0. The molecule has 1 aliphatic heterocycles. The van der Waals surface area contributed by atoms with Crippen LogP contribution >= 0.6 is 11.6 Å². The lowest BCUT2D eigenvalue weighted by Gasteiger charge is -2.43. The summed E-state index contributed by atoms with van der Waals surface area (Å²) in [5.41, 5.74) is 8.14. The maximum atomic E-state index is 13.0. The van der Waals surface area contributed by atoms with Crippen LogP contribution < -0.4 is 5.73 Å². The van der Waals surface area contributed by atoms with E-state index >= 15 is 0 Å². The Morgan fingerprint density at radius 2 is 2.04 bits per heavy atom. The lowest BCUT2D eigenvalue weighted by atomic mass is 9.65. The molecule has 5 nitrogen and oxygen atoms in total. The van der Waals surface area contributed by atoms with Gasteiger partial charge in [-0.2, -0.15) is 10.2 Å². The van der Waals surface area contributed by atoms with Crippen LogP contribution in [0.5, 0.6) is 0 Å². The highest BCUT2D eigenvalue weighted by Crippen LogP contribution is 2.44. The van der Waals surface area contributed by atoms with Crippen molar-refractivity contribution in [3.63, 3.8) is 0 Å². The van der Waals surface area contributed by atoms with E-state index in [1.807, 2.05) is 12.1 Å². The molecule has 1 aromatic carbocycles. The van der Waals surface area contributed by atoms with Crippen LogP contribution in [0.1, 0.15) is 54.4 Å². The topological polar surface area (TPSA) is 72.1 Å². The summed E-state index contributed by atoms with van der Waals surface area (Å²) in [7, 11) is 0. The highest BCUT2D eigenvalue weighted by Gasteiger charge is 2.41. The molecule has 2 fully saturated rings. The number of aromatic nitrogens is 2. The van der Waals surface area contributed by atoms with E-state index in [9.17, 15) is 4.79 Å². The molecule has 1 atom stereocenters. The Labute approximate surface area is 171 Å². The molecule has 148 valence electrons. The summed E-state index contributed by atoms with van der Waals surface area (Å²) < 4.78 is 0. The second-order valence-corrected chi connectivity index (χ2v) is 8.61. The molecule has 0 bridgehead atoms. The number of nitrogens with two attached hydrogens (primary N) is 1. The fourth-order valence-electron chi connectivity index (χ4n) is 5.12. The van der Waals surface area contributed by atoms with Crippen LogP contribution in [0.3, 0.4) is 0 Å². The van der Waals surface area contributed by atoms with Gasteiger partial charge in [0.25, 0.3) is 5.91 Å². The van der Waals surface area contributed by atoms with Gasteiger partial charge in [0.2, 0.25) is 0 Å². The standard InChI is InChI=1S/C22H27ClN4O/c23-19-4-1-3-18(13-19)22(15-24)9-6-16(7-10-22)20-5-2-12-27(20)21(28)17-8-11-25-26-14-17/h1,3-4,8,11,13-14,16,20H,2,5-7,9-10,12,15,24H2/t16-,20?,22-. The van der Waals surface area contributed by atoms with Gasteiger partial charge in [-0.05, 0) is 68.2 Å². The first kappa shape index (κ1) is 19.3. The fraction of sp³-hybridized carbons (Fsp3) is 0.500. The van der Waals surface area contributed by atoms with Crippen molar-refractivity contribution < 1.29 is 4.79 Å². The summed E-state index contributed by atoms with van der Waals surface area (Å²) in [5, 5.41) is 8.41. The van der Waals surface area contributed by atoms with Gasteiger partial charge in [0, 0.05) is 29.6 Å². The van der Waals surface area contributed by atoms with Crippen molar-refractivity contribution in [3.05, 3.63) is 58.9 Å². The van der Waals surface area contributed by atoms with Crippen LogP contribution in [-0.2, 0) is 5.41 Å². The van der Waals surface area contributed by atoms with Gasteiger partial charge in [-0.25, -0.2) is 0 Å². The molecule has 1 saturated carbocycles. The molecule has 1 amide bonds. The zero-order chi connectivity index (χ0) is 19.6. The Morgan fingerprint density at radius 1 is 1.21 bits per heavy atom. The van der Waals surface area contributed by atoms with Crippen LogP contribution in [0.25, 0.3) is 0 Å². The third-order valence-corrected chi connectivity index (χ3v) is 6.99. The maximum Gasteiger partial charge on any atom is 0.255 e. The molecule has 6 heteroatoms. The molecule has 0 radical (unpaired) electrons. The lowest BCUT2D eigenvalue weighted by molar-refractivity contribution is 0.0636. The monoisotopic (exact) mass is 398 g/mol. The second kappa shape index (κ2) is 8.18. The average molecular weight is 399 g/mol. The van der Waals surface area contributed by atoms with Crippen molar-refractivity contribution >= 4 is 17.5 Å². The zero-order valence-electron chi connectivity index (χ0n) is 16.1. The van der Waals surface area contributed by atoms with E-state index < -0.39 is 0 Å². The largest absolute Gasteiger partial charge is 0.335 e. The number of carbonyl (C=O) groups is 1. The predicted octanol–water partition coefficient (Wildman–Crippen LogP) is 3.82. The smallest absolute Gasteiger partial charge is 0.255 e. The number of halogens is 1. The number of carbonyl (C=O) groups excluding carboxylic acids is 1. The van der Waals surface area contributed by atoms with Crippen molar-refractivity contribution in [2.75, 3.05) is 13.1 Å². The number of hydrogen-bond donors (Lipinski definition) is 1. The molecule has 28 heavy (non-hydrogen) atoms. The van der Waals surface area contributed by atoms with Gasteiger partial charge in [-0.3, -0.25) is 4.79 Å². The van der Waals surface area contributed by atoms with E-state index in [0.29, 0.717) is 24.1 Å². The van der Waals surface area contributed by atoms with E-state index in [2.05, 4.69) is 27.2 Å². The van der Waals surface area contributed by atoms with Gasteiger partial charge in [0.1, 0.15) is 0 Å². The molecule has 2 heterocycles. The number of benzene rings is 1. The first-order valence-corrected chi connectivity index (χ1v) is 10.5. The minimum Gasteiger partial charge on any atom is -0.335 e. The van der Waals surface area contributed by atoms with Crippen molar-refractivity contribution in [2.45, 2.75) is 50.0 Å². The summed E-state index contributed by atoms with van der Waals surface area (Å²) >= 11 is 6.23. The molecular weight excluding hydrogens is 372 g/mol. The minimum absolute atomic E-state index is 0.00383. The van der Waals surface area contributed by atoms with Crippen molar-refractivity contribution in [3.8, 4) is 0 Å². The summed E-state index contributed by atoms with van der Waals surface area (Å²) in [6.07, 6.45) is 9.58. The summed E-state index contributed by atoms with van der Waals surface area (Å²) in [6.45, 7) is 1.47. The molecule has 4 rings (SSSR count). The second-order valence-electron chi connectivity index (χ2n) is 8.17. The zero-order valence-corrected chi connectivity index (χ0v) is 16.8. The third kappa shape index (κ3) is 3.65. The summed E-state index contributed by atoms with van der Waals surface area (Å²) in [6, 6.07) is 10.2. The number of amides is 1. The van der Waals surface area contributed by atoms with Gasteiger partial charge < -0.3 is 10.6 Å². The van der Waals surface area contributed by atoms with Crippen LogP contribution in [0, 0.1) is 5.92 Å². The summed E-state index contributed by atoms with van der Waals surface area (Å²) in [4.78, 5) is 15.0. The molecule has 1 aliphatic carbocycles. The third-order valence-electron chi connectivity index (χ3n) is 6.75. The van der Waals surface area contributed by atoms with Crippen molar-refractivity contribution in [1.82, 2.24) is 15.1 Å². The van der Waals surface area contributed by atoms with Crippen molar-refractivity contribution in [2.24, 2.45) is 11.7 Å². The van der Waals surface area contributed by atoms with Gasteiger partial charge >= 0.3 is 0 Å². The van der Waals surface area contributed by atoms with E-state index in [1.165, 1.54) is 5.56 Å². The minimum atomic E-state index is 0.00383. The molecule has 1 saturated heterocycles. The van der Waals surface area contributed by atoms with E-state index in [0.717, 1.165) is 50.1 Å². The van der Waals surface area contributed by atoms with Gasteiger partial charge in [-0.1, -0.05) is 23.7 Å². The quantitative estimate of drug-likeness (QED) is 0.849. The number of rotatable bonds is 4. The Hall–Kier alpha value is -1.98. The number of hydrogen-bond acceptors (Lipinski definition) is 4. The van der Waals surface area contributed by atoms with Gasteiger partial charge in [0.05, 0.1) is 18.0 Å². The number of nitrogens with zero attached hydrogens (tertiary/aromatic N) is 3. The summed E-state index contributed by atoms with van der Waals surface area (Å²) in [5.74, 6) is 0.614. The van der Waals surface area contributed by atoms with Crippen molar-refractivity contribution in [1.29, 1.82) is 0 Å². The van der Waals surface area contributed by atoms with E-state index in [4.69, 9.17) is 17.3 Å². The Bertz CT molecular complexity index is 820. The molecule has 2 aliphatic rings. The van der Waals surface area contributed by atoms with E-state index in [-0.39, 0.29) is 11.3 Å². The van der Waals surface area contributed by atoms with E-state index in [1.54, 1.807) is 18.5 Å². The molecule has 2 N–H and O–H groups in total. The first-order valence-electron chi connectivity index (χ1n) is 10.2. The molecule has 1 unspecified atom stereocenters. The molecule has 1 aromatic heterocycles. The fourth-order valence-corrected chi connectivity index (χ4v) is 5.31. The predicted molar refractivity (Wildman–Crippen MR) is 110 cm³/mol. The first-order chi connectivity index (χ1) is 13.6. The van der Waals surface area contributed by atoms with Gasteiger partial charge in [0.15, 0.2) is 0 Å². The Kier molecular flexibility index (Phi) is 5.65.